The third-order valence-corrected chi connectivity index (χ3v) is 6.85. The molecule has 0 aliphatic heterocycles. The SMILES string of the molecule is C[C@@H](c1ccccc1)N(C)C(=O)C1CCC(C(=O)N(C)[C@@H](C)c2ccccc2)CC1. The molecular formula is C26H34N2O2. The second kappa shape index (κ2) is 9.92. The smallest absolute Gasteiger partial charge is 0.225 e. The molecule has 4 heteroatoms. The van der Waals surface area contributed by atoms with Crippen LogP contribution in [0, 0.1) is 11.8 Å². The van der Waals surface area contributed by atoms with E-state index in [1.807, 2.05) is 60.3 Å². The van der Waals surface area contributed by atoms with E-state index in [9.17, 15) is 9.59 Å². The second-order valence-corrected chi connectivity index (χ2v) is 8.62. The van der Waals surface area contributed by atoms with Gasteiger partial charge in [-0.3, -0.25) is 9.59 Å². The third-order valence-electron chi connectivity index (χ3n) is 6.85. The molecule has 2 aromatic rings. The number of rotatable bonds is 6. The normalized spacial score (nSPS) is 20.8. The Labute approximate surface area is 180 Å². The molecular weight excluding hydrogens is 372 g/mol. The van der Waals surface area contributed by atoms with Crippen molar-refractivity contribution in [3.8, 4) is 0 Å². The molecule has 0 aromatic heterocycles. The Bertz CT molecular complexity index is 757. The van der Waals surface area contributed by atoms with Crippen LogP contribution in [-0.2, 0) is 9.59 Å². The van der Waals surface area contributed by atoms with Gasteiger partial charge in [0, 0.05) is 25.9 Å². The zero-order valence-electron chi connectivity index (χ0n) is 18.6. The van der Waals surface area contributed by atoms with Crippen LogP contribution >= 0.6 is 0 Å². The molecule has 0 radical (unpaired) electrons. The Kier molecular flexibility index (Phi) is 7.30. The molecule has 3 rings (SSSR count). The van der Waals surface area contributed by atoms with Crippen LogP contribution in [0.15, 0.2) is 60.7 Å². The van der Waals surface area contributed by atoms with Crippen LogP contribution in [0.4, 0.5) is 0 Å². The molecule has 160 valence electrons. The average molecular weight is 407 g/mol. The lowest BCUT2D eigenvalue weighted by Crippen LogP contribution is -2.40. The van der Waals surface area contributed by atoms with Crippen LogP contribution in [0.25, 0.3) is 0 Å². The number of carbonyl (C=O) groups is 2. The highest BCUT2D eigenvalue weighted by atomic mass is 16.2. The molecule has 2 amide bonds. The molecule has 0 spiro atoms. The first-order valence-electron chi connectivity index (χ1n) is 11.0. The zero-order valence-corrected chi connectivity index (χ0v) is 18.6. The van der Waals surface area contributed by atoms with Gasteiger partial charge >= 0.3 is 0 Å². The Morgan fingerprint density at radius 1 is 0.667 bits per heavy atom. The molecule has 0 heterocycles. The third kappa shape index (κ3) is 4.92. The number of hydrogen-bond donors (Lipinski definition) is 0. The Morgan fingerprint density at radius 3 is 1.27 bits per heavy atom. The molecule has 30 heavy (non-hydrogen) atoms. The zero-order chi connectivity index (χ0) is 21.7. The van der Waals surface area contributed by atoms with E-state index in [4.69, 9.17) is 0 Å². The predicted molar refractivity (Wildman–Crippen MR) is 121 cm³/mol. The summed E-state index contributed by atoms with van der Waals surface area (Å²) in [6, 6.07) is 20.4. The Balaban J connectivity index is 1.55. The quantitative estimate of drug-likeness (QED) is 0.659. The van der Waals surface area contributed by atoms with Gasteiger partial charge in [0.05, 0.1) is 12.1 Å². The number of nitrogens with zero attached hydrogens (tertiary/aromatic N) is 2. The van der Waals surface area contributed by atoms with E-state index < -0.39 is 0 Å². The van der Waals surface area contributed by atoms with Crippen molar-refractivity contribution in [1.82, 2.24) is 9.80 Å². The minimum Gasteiger partial charge on any atom is -0.339 e. The Hall–Kier alpha value is -2.62. The van der Waals surface area contributed by atoms with E-state index in [0.717, 1.165) is 36.8 Å². The molecule has 4 nitrogen and oxygen atoms in total. The maximum atomic E-state index is 13.0. The van der Waals surface area contributed by atoms with E-state index in [1.54, 1.807) is 0 Å². The summed E-state index contributed by atoms with van der Waals surface area (Å²) in [5.74, 6) is 0.427. The molecule has 0 N–H and O–H groups in total. The summed E-state index contributed by atoms with van der Waals surface area (Å²) in [7, 11) is 3.79. The van der Waals surface area contributed by atoms with E-state index in [0.29, 0.717) is 0 Å². The first-order valence-corrected chi connectivity index (χ1v) is 11.0. The first-order chi connectivity index (χ1) is 14.4. The van der Waals surface area contributed by atoms with Gasteiger partial charge in [0.25, 0.3) is 0 Å². The van der Waals surface area contributed by atoms with Gasteiger partial charge in [-0.2, -0.15) is 0 Å². The highest BCUT2D eigenvalue weighted by molar-refractivity contribution is 5.81. The lowest BCUT2D eigenvalue weighted by atomic mass is 9.80. The van der Waals surface area contributed by atoms with Crippen LogP contribution in [-0.4, -0.2) is 35.7 Å². The van der Waals surface area contributed by atoms with Crippen LogP contribution in [0.2, 0.25) is 0 Å². The number of carbonyl (C=O) groups excluding carboxylic acids is 2. The maximum absolute atomic E-state index is 13.0. The highest BCUT2D eigenvalue weighted by Gasteiger charge is 2.34. The summed E-state index contributed by atoms with van der Waals surface area (Å²) in [4.78, 5) is 29.8. The van der Waals surface area contributed by atoms with Crippen molar-refractivity contribution in [3.05, 3.63) is 71.8 Å². The summed E-state index contributed by atoms with van der Waals surface area (Å²) in [6.45, 7) is 4.14. The van der Waals surface area contributed by atoms with Gasteiger partial charge in [-0.15, -0.1) is 0 Å². The van der Waals surface area contributed by atoms with Gasteiger partial charge in [0.15, 0.2) is 0 Å². The number of hydrogen-bond acceptors (Lipinski definition) is 2. The molecule has 1 aliphatic carbocycles. The monoisotopic (exact) mass is 406 g/mol. The fraction of sp³-hybridized carbons (Fsp3) is 0.462. The van der Waals surface area contributed by atoms with Gasteiger partial charge in [0.2, 0.25) is 11.8 Å². The molecule has 1 aliphatic rings. The van der Waals surface area contributed by atoms with E-state index >= 15 is 0 Å². The number of benzene rings is 2. The van der Waals surface area contributed by atoms with Crippen molar-refractivity contribution in [3.63, 3.8) is 0 Å². The van der Waals surface area contributed by atoms with Crippen LogP contribution in [0.5, 0.6) is 0 Å². The fourth-order valence-corrected chi connectivity index (χ4v) is 4.46. The minimum atomic E-state index is 0.0158. The van der Waals surface area contributed by atoms with Gasteiger partial charge in [-0.25, -0.2) is 0 Å². The lowest BCUT2D eigenvalue weighted by Gasteiger charge is -2.35. The summed E-state index contributed by atoms with van der Waals surface area (Å²) in [5.41, 5.74) is 2.29. The highest BCUT2D eigenvalue weighted by Crippen LogP contribution is 2.34. The molecule has 0 bridgehead atoms. The summed E-state index contributed by atoms with van der Waals surface area (Å²) >= 11 is 0. The minimum absolute atomic E-state index is 0.0158. The van der Waals surface area contributed by atoms with Crippen molar-refractivity contribution >= 4 is 11.8 Å². The Morgan fingerprint density at radius 2 is 0.967 bits per heavy atom. The summed E-state index contributed by atoms with van der Waals surface area (Å²) in [5, 5.41) is 0. The lowest BCUT2D eigenvalue weighted by molar-refractivity contribution is -0.142. The van der Waals surface area contributed by atoms with Gasteiger partial charge in [0.1, 0.15) is 0 Å². The summed E-state index contributed by atoms with van der Waals surface area (Å²) in [6.07, 6.45) is 3.15. The van der Waals surface area contributed by atoms with Crippen molar-refractivity contribution in [2.75, 3.05) is 14.1 Å². The molecule has 2 aromatic carbocycles. The van der Waals surface area contributed by atoms with Crippen LogP contribution in [0.3, 0.4) is 0 Å². The number of amides is 2. The van der Waals surface area contributed by atoms with Gasteiger partial charge in [-0.1, -0.05) is 60.7 Å². The van der Waals surface area contributed by atoms with Crippen LogP contribution in [0.1, 0.15) is 62.7 Å². The molecule has 2 atom stereocenters. The summed E-state index contributed by atoms with van der Waals surface area (Å²) < 4.78 is 0. The molecule has 0 saturated heterocycles. The first kappa shape index (κ1) is 22.1. The predicted octanol–water partition coefficient (Wildman–Crippen LogP) is 5.23. The van der Waals surface area contributed by atoms with Crippen molar-refractivity contribution in [2.24, 2.45) is 11.8 Å². The van der Waals surface area contributed by atoms with Crippen molar-refractivity contribution < 1.29 is 9.59 Å². The standard InChI is InChI=1S/C26H34N2O2/c1-19(21-11-7-5-8-12-21)27(3)25(29)23-15-17-24(18-16-23)26(30)28(4)20(2)22-13-9-6-10-14-22/h5-14,19-20,23-24H,15-18H2,1-4H3/t19-,20-,23?,24?/m0/s1. The molecule has 1 fully saturated rings. The second-order valence-electron chi connectivity index (χ2n) is 8.62. The van der Waals surface area contributed by atoms with Crippen LogP contribution < -0.4 is 0 Å². The van der Waals surface area contributed by atoms with Crippen molar-refractivity contribution in [1.29, 1.82) is 0 Å². The molecule has 1 saturated carbocycles. The van der Waals surface area contributed by atoms with Crippen molar-refractivity contribution in [2.45, 2.75) is 51.6 Å². The van der Waals surface area contributed by atoms with Gasteiger partial charge in [-0.05, 0) is 50.7 Å². The fourth-order valence-electron chi connectivity index (χ4n) is 4.46. The topological polar surface area (TPSA) is 40.6 Å². The van der Waals surface area contributed by atoms with E-state index in [-0.39, 0.29) is 35.7 Å². The maximum Gasteiger partial charge on any atom is 0.225 e. The largest absolute Gasteiger partial charge is 0.339 e. The average Bonchev–Trinajstić information content (AvgIpc) is 2.82. The van der Waals surface area contributed by atoms with E-state index in [2.05, 4.69) is 38.1 Å². The van der Waals surface area contributed by atoms with Gasteiger partial charge < -0.3 is 9.80 Å². The van der Waals surface area contributed by atoms with E-state index in [1.165, 1.54) is 0 Å². The molecule has 0 unspecified atom stereocenters.